The summed E-state index contributed by atoms with van der Waals surface area (Å²) >= 11 is 0. The predicted molar refractivity (Wildman–Crippen MR) is 37.7 cm³/mol. The van der Waals surface area contributed by atoms with Crippen molar-refractivity contribution >= 4 is 0 Å². The zero-order valence-electron chi connectivity index (χ0n) is 5.22. The molecule has 0 unspecified atom stereocenters. The SMILES string of the molecule is C1=CC2=CC=C(CC2)N1. The van der Waals surface area contributed by atoms with E-state index in [1.165, 1.54) is 24.1 Å². The topological polar surface area (TPSA) is 12.0 Å². The van der Waals surface area contributed by atoms with E-state index in [-0.39, 0.29) is 0 Å². The van der Waals surface area contributed by atoms with Crippen LogP contribution in [0.4, 0.5) is 0 Å². The highest BCUT2D eigenvalue weighted by atomic mass is 14.9. The number of hydrogen-bond acceptors (Lipinski definition) is 1. The molecular formula is C8H9N. The van der Waals surface area contributed by atoms with Crippen LogP contribution in [-0.2, 0) is 0 Å². The minimum Gasteiger partial charge on any atom is -0.365 e. The zero-order valence-corrected chi connectivity index (χ0v) is 5.22. The molecule has 0 aromatic heterocycles. The molecule has 0 amide bonds. The van der Waals surface area contributed by atoms with E-state index in [4.69, 9.17) is 0 Å². The fraction of sp³-hybridized carbons (Fsp3) is 0.250. The second kappa shape index (κ2) is 1.76. The molecule has 0 spiro atoms. The Balaban J connectivity index is 2.41. The van der Waals surface area contributed by atoms with Crippen LogP contribution in [0.2, 0.25) is 0 Å². The minimum atomic E-state index is 1.18. The molecule has 2 heterocycles. The second-order valence-corrected chi connectivity index (χ2v) is 2.41. The summed E-state index contributed by atoms with van der Waals surface area (Å²) in [5.41, 5.74) is 2.77. The summed E-state index contributed by atoms with van der Waals surface area (Å²) in [6.07, 6.45) is 10.9. The first kappa shape index (κ1) is 4.86. The van der Waals surface area contributed by atoms with Crippen molar-refractivity contribution in [2.75, 3.05) is 0 Å². The van der Waals surface area contributed by atoms with Crippen LogP contribution in [0, 0.1) is 0 Å². The van der Waals surface area contributed by atoms with Crippen LogP contribution in [0.3, 0.4) is 0 Å². The maximum atomic E-state index is 3.20. The van der Waals surface area contributed by atoms with Crippen molar-refractivity contribution in [2.45, 2.75) is 12.8 Å². The molecule has 3 aliphatic rings. The normalized spacial score (nSPS) is 22.2. The van der Waals surface area contributed by atoms with Gasteiger partial charge in [-0.05, 0) is 30.6 Å². The van der Waals surface area contributed by atoms with Crippen molar-refractivity contribution in [3.05, 3.63) is 35.7 Å². The van der Waals surface area contributed by atoms with Crippen molar-refractivity contribution in [1.82, 2.24) is 5.32 Å². The van der Waals surface area contributed by atoms with Gasteiger partial charge in [-0.3, -0.25) is 0 Å². The first-order chi connectivity index (χ1) is 4.45. The van der Waals surface area contributed by atoms with Crippen LogP contribution in [0.15, 0.2) is 35.7 Å². The molecule has 0 atom stereocenters. The van der Waals surface area contributed by atoms with Crippen molar-refractivity contribution in [2.24, 2.45) is 0 Å². The molecule has 1 aliphatic carbocycles. The van der Waals surface area contributed by atoms with Gasteiger partial charge in [-0.1, -0.05) is 6.08 Å². The Morgan fingerprint density at radius 3 is 3.00 bits per heavy atom. The average molecular weight is 119 g/mol. The van der Waals surface area contributed by atoms with Gasteiger partial charge in [0.05, 0.1) is 0 Å². The lowest BCUT2D eigenvalue weighted by atomic mass is 10.0. The predicted octanol–water partition coefficient (Wildman–Crippen LogP) is 1.71. The average Bonchev–Trinajstić information content (AvgIpc) is 2.21. The standard InChI is InChI=1S/C8H9N/c1-3-8-4-2-7(1)5-6-9-8/h1,3,5-6,9H,2,4H2. The first-order valence-electron chi connectivity index (χ1n) is 3.28. The van der Waals surface area contributed by atoms with Crippen LogP contribution in [0.1, 0.15) is 12.8 Å². The highest BCUT2D eigenvalue weighted by Crippen LogP contribution is 2.19. The molecular weight excluding hydrogens is 110 g/mol. The van der Waals surface area contributed by atoms with E-state index in [0.717, 1.165) is 0 Å². The molecule has 0 fully saturated rings. The highest BCUT2D eigenvalue weighted by Gasteiger charge is 2.05. The third kappa shape index (κ3) is 0.784. The van der Waals surface area contributed by atoms with Crippen LogP contribution >= 0.6 is 0 Å². The molecule has 9 heavy (non-hydrogen) atoms. The fourth-order valence-corrected chi connectivity index (χ4v) is 1.17. The summed E-state index contributed by atoms with van der Waals surface area (Å²) < 4.78 is 0. The number of allylic oxidation sites excluding steroid dienone is 5. The smallest absolute Gasteiger partial charge is 0.0150 e. The Kier molecular flexibility index (Phi) is 0.950. The summed E-state index contributed by atoms with van der Waals surface area (Å²) in [5.74, 6) is 0. The van der Waals surface area contributed by atoms with Gasteiger partial charge in [-0.2, -0.15) is 0 Å². The maximum Gasteiger partial charge on any atom is 0.0150 e. The summed E-state index contributed by atoms with van der Waals surface area (Å²) in [4.78, 5) is 0. The van der Waals surface area contributed by atoms with E-state index in [1.807, 2.05) is 6.20 Å². The van der Waals surface area contributed by atoms with Crippen LogP contribution < -0.4 is 5.32 Å². The Labute approximate surface area is 54.8 Å². The van der Waals surface area contributed by atoms with Gasteiger partial charge in [0.15, 0.2) is 0 Å². The maximum absolute atomic E-state index is 3.20. The molecule has 0 radical (unpaired) electrons. The van der Waals surface area contributed by atoms with Gasteiger partial charge in [-0.25, -0.2) is 0 Å². The molecule has 0 aromatic rings. The summed E-state index contributed by atoms with van der Waals surface area (Å²) in [6, 6.07) is 0. The molecule has 0 saturated heterocycles. The van der Waals surface area contributed by atoms with Gasteiger partial charge >= 0.3 is 0 Å². The van der Waals surface area contributed by atoms with Gasteiger partial charge in [0.2, 0.25) is 0 Å². The molecule has 1 nitrogen and oxygen atoms in total. The molecule has 46 valence electrons. The zero-order chi connectivity index (χ0) is 6.10. The lowest BCUT2D eigenvalue weighted by Crippen LogP contribution is -2.02. The van der Waals surface area contributed by atoms with Gasteiger partial charge in [0.25, 0.3) is 0 Å². The van der Waals surface area contributed by atoms with E-state index in [9.17, 15) is 0 Å². The van der Waals surface area contributed by atoms with Gasteiger partial charge < -0.3 is 5.32 Å². The molecule has 0 aromatic carbocycles. The minimum absolute atomic E-state index is 1.18. The molecule has 1 N–H and O–H groups in total. The number of hydrogen-bond donors (Lipinski definition) is 1. The number of nitrogens with one attached hydrogen (secondary N) is 1. The van der Waals surface area contributed by atoms with E-state index in [2.05, 4.69) is 23.5 Å². The summed E-state index contributed by atoms with van der Waals surface area (Å²) in [5, 5.41) is 3.20. The lowest BCUT2D eigenvalue weighted by Gasteiger charge is -2.06. The Hall–Kier alpha value is -0.980. The van der Waals surface area contributed by atoms with Crippen molar-refractivity contribution < 1.29 is 0 Å². The van der Waals surface area contributed by atoms with Crippen molar-refractivity contribution in [1.29, 1.82) is 0 Å². The largest absolute Gasteiger partial charge is 0.365 e. The second-order valence-electron chi connectivity index (χ2n) is 2.41. The van der Waals surface area contributed by atoms with Gasteiger partial charge in [-0.15, -0.1) is 0 Å². The number of rotatable bonds is 0. The molecule has 3 rings (SSSR count). The third-order valence-corrected chi connectivity index (χ3v) is 1.75. The first-order valence-corrected chi connectivity index (χ1v) is 3.28. The van der Waals surface area contributed by atoms with Crippen LogP contribution in [0.25, 0.3) is 0 Å². The van der Waals surface area contributed by atoms with E-state index < -0.39 is 0 Å². The highest BCUT2D eigenvalue weighted by molar-refractivity contribution is 5.33. The van der Waals surface area contributed by atoms with Gasteiger partial charge in [0.1, 0.15) is 0 Å². The molecule has 2 bridgehead atoms. The fourth-order valence-electron chi connectivity index (χ4n) is 1.17. The van der Waals surface area contributed by atoms with E-state index in [0.29, 0.717) is 0 Å². The van der Waals surface area contributed by atoms with Crippen molar-refractivity contribution in [3.8, 4) is 0 Å². The quantitative estimate of drug-likeness (QED) is 0.512. The van der Waals surface area contributed by atoms with E-state index >= 15 is 0 Å². The lowest BCUT2D eigenvalue weighted by molar-refractivity contribution is 0.874. The Morgan fingerprint density at radius 1 is 1.22 bits per heavy atom. The molecule has 2 aliphatic heterocycles. The van der Waals surface area contributed by atoms with Gasteiger partial charge in [0, 0.05) is 11.9 Å². The molecule has 1 heteroatoms. The Bertz CT molecular complexity index is 209. The third-order valence-electron chi connectivity index (χ3n) is 1.75. The number of fused-ring (bicyclic) bond motifs is 3. The monoisotopic (exact) mass is 119 g/mol. The Morgan fingerprint density at radius 2 is 2.22 bits per heavy atom. The molecule has 0 saturated carbocycles. The summed E-state index contributed by atoms with van der Waals surface area (Å²) in [7, 11) is 0. The van der Waals surface area contributed by atoms with Crippen molar-refractivity contribution in [3.63, 3.8) is 0 Å². The van der Waals surface area contributed by atoms with Crippen LogP contribution in [0.5, 0.6) is 0 Å². The summed E-state index contributed by atoms with van der Waals surface area (Å²) in [6.45, 7) is 0. The van der Waals surface area contributed by atoms with Crippen LogP contribution in [-0.4, -0.2) is 0 Å². The van der Waals surface area contributed by atoms with E-state index in [1.54, 1.807) is 0 Å².